The number of para-hydroxylation sites is 1. The maximum absolute atomic E-state index is 12.2. The minimum Gasteiger partial charge on any atom is -0.455 e. The third-order valence-electron chi connectivity index (χ3n) is 3.70. The van der Waals surface area contributed by atoms with Crippen molar-refractivity contribution in [2.24, 2.45) is 0 Å². The van der Waals surface area contributed by atoms with Gasteiger partial charge in [0.15, 0.2) is 5.43 Å². The van der Waals surface area contributed by atoms with Crippen molar-refractivity contribution in [2.75, 3.05) is 0 Å². The first-order valence-electron chi connectivity index (χ1n) is 7.31. The summed E-state index contributed by atoms with van der Waals surface area (Å²) in [6.07, 6.45) is 0. The first kappa shape index (κ1) is 15.0. The van der Waals surface area contributed by atoms with Gasteiger partial charge in [-0.15, -0.1) is 0 Å². The molecule has 4 nitrogen and oxygen atoms in total. The highest BCUT2D eigenvalue weighted by Gasteiger charge is 2.14. The van der Waals surface area contributed by atoms with Crippen LogP contribution >= 0.6 is 0 Å². The van der Waals surface area contributed by atoms with E-state index < -0.39 is 5.97 Å². The standard InChI is InChI=1S/C19H16O4/c1-12-7-8-13(2)14(9-12)11-22-19(21)18-10-16(20)15-5-3-4-6-17(15)23-18/h3-10H,11H2,1-2H3. The number of ether oxygens (including phenoxy) is 1. The number of fused-ring (bicyclic) bond motifs is 1. The third kappa shape index (κ3) is 3.16. The number of hydrogen-bond acceptors (Lipinski definition) is 4. The van der Waals surface area contributed by atoms with Crippen LogP contribution in [-0.4, -0.2) is 5.97 Å². The first-order valence-corrected chi connectivity index (χ1v) is 7.31. The van der Waals surface area contributed by atoms with Crippen LogP contribution in [-0.2, 0) is 11.3 Å². The van der Waals surface area contributed by atoms with Crippen molar-refractivity contribution < 1.29 is 13.9 Å². The van der Waals surface area contributed by atoms with Crippen LogP contribution in [0, 0.1) is 13.8 Å². The molecule has 1 heterocycles. The average Bonchev–Trinajstić information content (AvgIpc) is 2.55. The van der Waals surface area contributed by atoms with Gasteiger partial charge in [-0.05, 0) is 37.1 Å². The van der Waals surface area contributed by atoms with Crippen LogP contribution in [0.4, 0.5) is 0 Å². The Bertz CT molecular complexity index is 937. The van der Waals surface area contributed by atoms with Gasteiger partial charge in [-0.1, -0.05) is 35.9 Å². The largest absolute Gasteiger partial charge is 0.455 e. The second kappa shape index (κ2) is 6.08. The van der Waals surface area contributed by atoms with E-state index in [0.717, 1.165) is 16.7 Å². The molecule has 2 aromatic carbocycles. The molecule has 0 aliphatic heterocycles. The third-order valence-corrected chi connectivity index (χ3v) is 3.70. The smallest absolute Gasteiger partial charge is 0.374 e. The fraction of sp³-hybridized carbons (Fsp3) is 0.158. The fourth-order valence-electron chi connectivity index (χ4n) is 2.37. The van der Waals surface area contributed by atoms with Gasteiger partial charge in [0.05, 0.1) is 5.39 Å². The minimum absolute atomic E-state index is 0.0843. The summed E-state index contributed by atoms with van der Waals surface area (Å²) in [4.78, 5) is 24.2. The lowest BCUT2D eigenvalue weighted by molar-refractivity contribution is 0.0436. The van der Waals surface area contributed by atoms with Crippen molar-refractivity contribution in [3.05, 3.63) is 81.2 Å². The second-order valence-electron chi connectivity index (χ2n) is 5.48. The lowest BCUT2D eigenvalue weighted by Crippen LogP contribution is -2.10. The van der Waals surface area contributed by atoms with Gasteiger partial charge in [-0.2, -0.15) is 0 Å². The van der Waals surface area contributed by atoms with Crippen molar-refractivity contribution >= 4 is 16.9 Å². The van der Waals surface area contributed by atoms with Crippen LogP contribution in [0.5, 0.6) is 0 Å². The number of aryl methyl sites for hydroxylation is 2. The van der Waals surface area contributed by atoms with Crippen molar-refractivity contribution in [1.29, 1.82) is 0 Å². The Labute approximate surface area is 133 Å². The summed E-state index contributed by atoms with van der Waals surface area (Å²) in [6.45, 7) is 4.08. The van der Waals surface area contributed by atoms with Crippen molar-refractivity contribution in [2.45, 2.75) is 20.5 Å². The summed E-state index contributed by atoms with van der Waals surface area (Å²) in [5, 5.41) is 0.443. The number of esters is 1. The molecule has 116 valence electrons. The number of hydrogen-bond donors (Lipinski definition) is 0. The Kier molecular flexibility index (Phi) is 3.98. The summed E-state index contributed by atoms with van der Waals surface area (Å²) in [5.41, 5.74) is 3.19. The SMILES string of the molecule is Cc1ccc(C)c(COC(=O)c2cc(=O)c3ccccc3o2)c1. The summed E-state index contributed by atoms with van der Waals surface area (Å²) in [7, 11) is 0. The second-order valence-corrected chi connectivity index (χ2v) is 5.48. The molecule has 3 aromatic rings. The Morgan fingerprint density at radius 1 is 1.09 bits per heavy atom. The molecule has 0 bridgehead atoms. The molecular weight excluding hydrogens is 292 g/mol. The summed E-state index contributed by atoms with van der Waals surface area (Å²) < 4.78 is 10.8. The van der Waals surface area contributed by atoms with E-state index in [9.17, 15) is 9.59 Å². The molecule has 0 atom stereocenters. The molecule has 1 aromatic heterocycles. The van der Waals surface area contributed by atoms with E-state index in [-0.39, 0.29) is 17.8 Å². The van der Waals surface area contributed by atoms with E-state index in [2.05, 4.69) is 0 Å². The zero-order chi connectivity index (χ0) is 16.4. The number of carbonyl (C=O) groups is 1. The molecule has 0 N–H and O–H groups in total. The molecule has 3 rings (SSSR count). The van der Waals surface area contributed by atoms with Crippen LogP contribution in [0.3, 0.4) is 0 Å². The van der Waals surface area contributed by atoms with Crippen molar-refractivity contribution in [3.63, 3.8) is 0 Å². The molecule has 0 spiro atoms. The summed E-state index contributed by atoms with van der Waals surface area (Å²) in [6, 6.07) is 13.9. The van der Waals surface area contributed by atoms with E-state index in [1.807, 2.05) is 32.0 Å². The van der Waals surface area contributed by atoms with Gasteiger partial charge >= 0.3 is 5.97 Å². The topological polar surface area (TPSA) is 56.5 Å². The van der Waals surface area contributed by atoms with E-state index in [1.165, 1.54) is 6.07 Å². The van der Waals surface area contributed by atoms with Crippen LogP contribution in [0.1, 0.15) is 27.2 Å². The van der Waals surface area contributed by atoms with Crippen LogP contribution in [0.25, 0.3) is 11.0 Å². The molecule has 0 saturated carbocycles. The Morgan fingerprint density at radius 3 is 2.70 bits per heavy atom. The quantitative estimate of drug-likeness (QED) is 0.691. The van der Waals surface area contributed by atoms with Gasteiger partial charge in [0.2, 0.25) is 5.76 Å². The van der Waals surface area contributed by atoms with Crippen LogP contribution in [0.15, 0.2) is 57.7 Å². The van der Waals surface area contributed by atoms with E-state index in [4.69, 9.17) is 9.15 Å². The van der Waals surface area contributed by atoms with Crippen molar-refractivity contribution in [3.8, 4) is 0 Å². The van der Waals surface area contributed by atoms with Gasteiger partial charge in [0, 0.05) is 6.07 Å². The molecular formula is C19H16O4. The maximum atomic E-state index is 12.2. The van der Waals surface area contributed by atoms with E-state index >= 15 is 0 Å². The monoisotopic (exact) mass is 308 g/mol. The van der Waals surface area contributed by atoms with Gasteiger partial charge < -0.3 is 9.15 Å². The van der Waals surface area contributed by atoms with E-state index in [0.29, 0.717) is 11.0 Å². The van der Waals surface area contributed by atoms with Gasteiger partial charge in [-0.25, -0.2) is 4.79 Å². The van der Waals surface area contributed by atoms with Crippen LogP contribution in [0.2, 0.25) is 0 Å². The van der Waals surface area contributed by atoms with Gasteiger partial charge in [0.1, 0.15) is 12.2 Å². The highest BCUT2D eigenvalue weighted by molar-refractivity contribution is 5.88. The number of benzene rings is 2. The summed E-state index contributed by atoms with van der Waals surface area (Å²) >= 11 is 0. The van der Waals surface area contributed by atoms with E-state index in [1.54, 1.807) is 24.3 Å². The molecule has 0 aliphatic rings. The molecule has 0 amide bonds. The zero-order valence-electron chi connectivity index (χ0n) is 13.0. The predicted molar refractivity (Wildman–Crippen MR) is 87.5 cm³/mol. The highest BCUT2D eigenvalue weighted by Crippen LogP contribution is 2.15. The van der Waals surface area contributed by atoms with Gasteiger partial charge in [0.25, 0.3) is 0 Å². The fourth-order valence-corrected chi connectivity index (χ4v) is 2.37. The Hall–Kier alpha value is -2.88. The Morgan fingerprint density at radius 2 is 1.87 bits per heavy atom. The van der Waals surface area contributed by atoms with Gasteiger partial charge in [-0.3, -0.25) is 4.79 Å². The minimum atomic E-state index is -0.645. The molecule has 0 unspecified atom stereocenters. The molecule has 0 fully saturated rings. The number of rotatable bonds is 3. The van der Waals surface area contributed by atoms with Crippen molar-refractivity contribution in [1.82, 2.24) is 0 Å². The Balaban J connectivity index is 1.83. The zero-order valence-corrected chi connectivity index (χ0v) is 13.0. The average molecular weight is 308 g/mol. The molecule has 0 saturated heterocycles. The first-order chi connectivity index (χ1) is 11.0. The predicted octanol–water partition coefficient (Wildman–Crippen LogP) is 3.77. The molecule has 4 heteroatoms. The lowest BCUT2D eigenvalue weighted by atomic mass is 10.1. The normalized spacial score (nSPS) is 10.7. The highest BCUT2D eigenvalue weighted by atomic mass is 16.5. The maximum Gasteiger partial charge on any atom is 0.374 e. The summed E-state index contributed by atoms with van der Waals surface area (Å²) in [5.74, 6) is -0.729. The molecule has 23 heavy (non-hydrogen) atoms. The molecule has 0 aliphatic carbocycles. The molecule has 0 radical (unpaired) electrons. The number of carbonyl (C=O) groups excluding carboxylic acids is 1. The van der Waals surface area contributed by atoms with Crippen LogP contribution < -0.4 is 5.43 Å². The lowest BCUT2D eigenvalue weighted by Gasteiger charge is -2.08.